The standard InChI is InChI=1S/C25H23FN2O4/c1-16-4-11-20(12-5-16)27-25(30)21(14-17-6-9-19(26)10-7-17)28-24(29)18-8-13-22(31-2)23(15-18)32-3/h4-15H,1-3H3,(H,27,30)(H,28,29)/b21-14-. The summed E-state index contributed by atoms with van der Waals surface area (Å²) in [5, 5.41) is 5.39. The van der Waals surface area contributed by atoms with Gasteiger partial charge >= 0.3 is 0 Å². The summed E-state index contributed by atoms with van der Waals surface area (Å²) in [6.45, 7) is 1.94. The van der Waals surface area contributed by atoms with Gasteiger partial charge in [-0.2, -0.15) is 0 Å². The Hall–Kier alpha value is -4.13. The Bertz CT molecular complexity index is 1140. The Morgan fingerprint density at radius 3 is 2.16 bits per heavy atom. The van der Waals surface area contributed by atoms with E-state index in [4.69, 9.17) is 9.47 Å². The van der Waals surface area contributed by atoms with Gasteiger partial charge in [-0.15, -0.1) is 0 Å². The van der Waals surface area contributed by atoms with Gasteiger partial charge in [0.2, 0.25) is 0 Å². The van der Waals surface area contributed by atoms with Crippen molar-refractivity contribution in [3.63, 3.8) is 0 Å². The van der Waals surface area contributed by atoms with Crippen molar-refractivity contribution in [2.75, 3.05) is 19.5 Å². The molecule has 0 atom stereocenters. The van der Waals surface area contributed by atoms with E-state index in [2.05, 4.69) is 10.6 Å². The second kappa shape index (κ2) is 10.3. The number of halogens is 1. The Labute approximate surface area is 185 Å². The van der Waals surface area contributed by atoms with E-state index in [0.29, 0.717) is 22.7 Å². The predicted octanol–water partition coefficient (Wildman–Crippen LogP) is 4.56. The van der Waals surface area contributed by atoms with E-state index in [0.717, 1.165) is 5.56 Å². The van der Waals surface area contributed by atoms with Crippen LogP contribution in [0.25, 0.3) is 6.08 Å². The van der Waals surface area contributed by atoms with Gasteiger partial charge in [0.05, 0.1) is 14.2 Å². The molecule has 3 aromatic rings. The number of carbonyl (C=O) groups excluding carboxylic acids is 2. The van der Waals surface area contributed by atoms with Gasteiger partial charge in [-0.3, -0.25) is 9.59 Å². The average Bonchev–Trinajstić information content (AvgIpc) is 2.80. The summed E-state index contributed by atoms with van der Waals surface area (Å²) in [7, 11) is 2.96. The van der Waals surface area contributed by atoms with E-state index in [9.17, 15) is 14.0 Å². The van der Waals surface area contributed by atoms with Crippen molar-refractivity contribution in [3.05, 3.63) is 94.9 Å². The second-order valence-corrected chi connectivity index (χ2v) is 6.95. The minimum absolute atomic E-state index is 0.00281. The minimum atomic E-state index is -0.521. The number of ether oxygens (including phenoxy) is 2. The maximum Gasteiger partial charge on any atom is 0.272 e. The number of amides is 2. The molecular weight excluding hydrogens is 411 g/mol. The first-order valence-corrected chi connectivity index (χ1v) is 9.78. The molecule has 0 bridgehead atoms. The number of rotatable bonds is 7. The monoisotopic (exact) mass is 434 g/mol. The highest BCUT2D eigenvalue weighted by atomic mass is 19.1. The first-order valence-electron chi connectivity index (χ1n) is 9.78. The molecule has 2 N–H and O–H groups in total. The summed E-state index contributed by atoms with van der Waals surface area (Å²) in [6.07, 6.45) is 1.47. The number of aryl methyl sites for hydroxylation is 1. The molecule has 7 heteroatoms. The number of hydrogen-bond acceptors (Lipinski definition) is 4. The number of carbonyl (C=O) groups is 2. The van der Waals surface area contributed by atoms with Crippen LogP contribution in [0.5, 0.6) is 11.5 Å². The molecule has 0 radical (unpaired) electrons. The molecule has 0 heterocycles. The Kier molecular flexibility index (Phi) is 7.23. The van der Waals surface area contributed by atoms with Gasteiger partial charge in [0.15, 0.2) is 11.5 Å². The molecule has 164 valence electrons. The smallest absolute Gasteiger partial charge is 0.272 e. The van der Waals surface area contributed by atoms with E-state index in [1.807, 2.05) is 19.1 Å². The molecule has 6 nitrogen and oxygen atoms in total. The van der Waals surface area contributed by atoms with Crippen molar-refractivity contribution in [3.8, 4) is 11.5 Å². The molecule has 0 aromatic heterocycles. The van der Waals surface area contributed by atoms with Crippen LogP contribution in [0.2, 0.25) is 0 Å². The Morgan fingerprint density at radius 2 is 1.53 bits per heavy atom. The fourth-order valence-electron chi connectivity index (χ4n) is 2.89. The molecule has 0 aliphatic heterocycles. The van der Waals surface area contributed by atoms with Crippen molar-refractivity contribution in [1.82, 2.24) is 5.32 Å². The molecule has 3 aromatic carbocycles. The third-order valence-electron chi connectivity index (χ3n) is 4.63. The lowest BCUT2D eigenvalue weighted by Crippen LogP contribution is -2.30. The molecule has 0 saturated heterocycles. The van der Waals surface area contributed by atoms with Crippen LogP contribution in [-0.2, 0) is 4.79 Å². The van der Waals surface area contributed by atoms with Gasteiger partial charge < -0.3 is 20.1 Å². The van der Waals surface area contributed by atoms with E-state index < -0.39 is 17.6 Å². The van der Waals surface area contributed by atoms with E-state index in [1.54, 1.807) is 24.3 Å². The summed E-state index contributed by atoms with van der Waals surface area (Å²) < 4.78 is 23.7. The molecular formula is C25H23FN2O4. The van der Waals surface area contributed by atoms with Gasteiger partial charge in [0, 0.05) is 11.3 Å². The van der Waals surface area contributed by atoms with Gasteiger partial charge in [0.25, 0.3) is 11.8 Å². The molecule has 0 unspecified atom stereocenters. The zero-order valence-corrected chi connectivity index (χ0v) is 17.9. The maximum atomic E-state index is 13.3. The highest BCUT2D eigenvalue weighted by Crippen LogP contribution is 2.27. The summed E-state index contributed by atoms with van der Waals surface area (Å²) >= 11 is 0. The fraction of sp³-hybridized carbons (Fsp3) is 0.120. The average molecular weight is 434 g/mol. The van der Waals surface area contributed by atoms with Crippen LogP contribution < -0.4 is 20.1 Å². The van der Waals surface area contributed by atoms with Crippen LogP contribution in [-0.4, -0.2) is 26.0 Å². The van der Waals surface area contributed by atoms with Crippen LogP contribution in [0, 0.1) is 12.7 Å². The van der Waals surface area contributed by atoms with E-state index in [1.165, 1.54) is 50.6 Å². The number of methoxy groups -OCH3 is 2. The van der Waals surface area contributed by atoms with Crippen molar-refractivity contribution in [2.24, 2.45) is 0 Å². The van der Waals surface area contributed by atoms with Gasteiger partial charge in [0.1, 0.15) is 11.5 Å². The molecule has 3 rings (SSSR count). The molecule has 0 aliphatic carbocycles. The van der Waals surface area contributed by atoms with Crippen molar-refractivity contribution in [2.45, 2.75) is 6.92 Å². The van der Waals surface area contributed by atoms with E-state index in [-0.39, 0.29) is 11.3 Å². The first kappa shape index (κ1) is 22.6. The number of benzene rings is 3. The van der Waals surface area contributed by atoms with Crippen LogP contribution in [0.15, 0.2) is 72.4 Å². The molecule has 0 aliphatic rings. The molecule has 2 amide bonds. The van der Waals surface area contributed by atoms with Crippen molar-refractivity contribution >= 4 is 23.6 Å². The zero-order chi connectivity index (χ0) is 23.1. The van der Waals surface area contributed by atoms with Gasteiger partial charge in [-0.25, -0.2) is 4.39 Å². The second-order valence-electron chi connectivity index (χ2n) is 6.95. The summed E-state index contributed by atoms with van der Waals surface area (Å²) in [4.78, 5) is 25.8. The minimum Gasteiger partial charge on any atom is -0.493 e. The lowest BCUT2D eigenvalue weighted by Gasteiger charge is -2.13. The number of hydrogen-bond donors (Lipinski definition) is 2. The fourth-order valence-corrected chi connectivity index (χ4v) is 2.89. The Balaban J connectivity index is 1.89. The topological polar surface area (TPSA) is 76.7 Å². The lowest BCUT2D eigenvalue weighted by molar-refractivity contribution is -0.113. The zero-order valence-electron chi connectivity index (χ0n) is 17.9. The third-order valence-corrected chi connectivity index (χ3v) is 4.63. The highest BCUT2D eigenvalue weighted by molar-refractivity contribution is 6.10. The summed E-state index contributed by atoms with van der Waals surface area (Å²) in [5.41, 5.74) is 2.44. The predicted molar refractivity (Wildman–Crippen MR) is 121 cm³/mol. The SMILES string of the molecule is COc1ccc(C(=O)N/C(=C\c2ccc(F)cc2)C(=O)Nc2ccc(C)cc2)cc1OC. The molecule has 0 spiro atoms. The van der Waals surface area contributed by atoms with Crippen molar-refractivity contribution < 1.29 is 23.5 Å². The third kappa shape index (κ3) is 5.72. The summed E-state index contributed by atoms with van der Waals surface area (Å²) in [5.74, 6) is -0.580. The lowest BCUT2D eigenvalue weighted by atomic mass is 10.1. The van der Waals surface area contributed by atoms with Gasteiger partial charge in [-0.1, -0.05) is 29.8 Å². The maximum absolute atomic E-state index is 13.3. The van der Waals surface area contributed by atoms with E-state index >= 15 is 0 Å². The first-order chi connectivity index (χ1) is 15.4. The van der Waals surface area contributed by atoms with Crippen LogP contribution in [0.3, 0.4) is 0 Å². The normalized spacial score (nSPS) is 10.9. The van der Waals surface area contributed by atoms with Crippen molar-refractivity contribution in [1.29, 1.82) is 0 Å². The number of nitrogens with one attached hydrogen (secondary N) is 2. The summed E-state index contributed by atoms with van der Waals surface area (Å²) in [6, 6.07) is 17.5. The number of anilines is 1. The van der Waals surface area contributed by atoms with Crippen LogP contribution >= 0.6 is 0 Å². The molecule has 0 fully saturated rings. The largest absolute Gasteiger partial charge is 0.493 e. The van der Waals surface area contributed by atoms with Crippen LogP contribution in [0.1, 0.15) is 21.5 Å². The Morgan fingerprint density at radius 1 is 0.875 bits per heavy atom. The molecule has 0 saturated carbocycles. The van der Waals surface area contributed by atoms with Gasteiger partial charge in [-0.05, 0) is 61.0 Å². The molecule has 32 heavy (non-hydrogen) atoms. The highest BCUT2D eigenvalue weighted by Gasteiger charge is 2.17. The quantitative estimate of drug-likeness (QED) is 0.535. The van der Waals surface area contributed by atoms with Crippen LogP contribution in [0.4, 0.5) is 10.1 Å².